The molecule has 2 aromatic carbocycles. The third kappa shape index (κ3) is 2.44. The molecule has 0 unspecified atom stereocenters. The summed E-state index contributed by atoms with van der Waals surface area (Å²) in [4.78, 5) is 0.398. The first-order valence-electron chi connectivity index (χ1n) is 5.65. The normalized spacial score (nSPS) is 11.4. The van der Waals surface area contributed by atoms with Crippen molar-refractivity contribution in [3.05, 3.63) is 63.8 Å². The van der Waals surface area contributed by atoms with Crippen molar-refractivity contribution in [2.75, 3.05) is 0 Å². The van der Waals surface area contributed by atoms with Gasteiger partial charge in [-0.2, -0.15) is 0 Å². The number of hydrogen-bond donors (Lipinski definition) is 0. The smallest absolute Gasteiger partial charge is 0.248 e. The maximum absolute atomic E-state index is 11.3. The fourth-order valence-electron chi connectivity index (χ4n) is 1.76. The number of nitrogens with zero attached hydrogens (tertiary/aromatic N) is 2. The number of hydrogen-bond acceptors (Lipinski definition) is 3. The standard InChI is InChI=1S/C14H9ClN2O2/c15-12-6-3-10(4-7-12)1-2-11-5-8-13-14(9-11)17(18)19-16-13/h1-9H/b2-1+. The molecule has 3 rings (SSSR count). The lowest BCUT2D eigenvalue weighted by Gasteiger charge is -1.94. The number of benzene rings is 2. The van der Waals surface area contributed by atoms with E-state index in [4.69, 9.17) is 11.6 Å². The van der Waals surface area contributed by atoms with Gasteiger partial charge in [0.1, 0.15) is 0 Å². The Morgan fingerprint density at radius 3 is 2.53 bits per heavy atom. The van der Waals surface area contributed by atoms with Crippen molar-refractivity contribution in [3.8, 4) is 0 Å². The van der Waals surface area contributed by atoms with Crippen LogP contribution in [0.4, 0.5) is 0 Å². The molecule has 1 aromatic heterocycles. The minimum absolute atomic E-state index is 0.398. The van der Waals surface area contributed by atoms with Gasteiger partial charge in [0.05, 0.1) is 0 Å². The van der Waals surface area contributed by atoms with E-state index in [0.717, 1.165) is 11.1 Å². The van der Waals surface area contributed by atoms with Gasteiger partial charge < -0.3 is 5.21 Å². The van der Waals surface area contributed by atoms with E-state index in [1.807, 2.05) is 42.5 Å². The van der Waals surface area contributed by atoms with E-state index in [1.54, 1.807) is 12.1 Å². The van der Waals surface area contributed by atoms with Crippen LogP contribution in [0.15, 0.2) is 47.1 Å². The van der Waals surface area contributed by atoms with Gasteiger partial charge in [-0.05, 0) is 34.2 Å². The Morgan fingerprint density at radius 2 is 1.74 bits per heavy atom. The third-order valence-electron chi connectivity index (χ3n) is 2.75. The van der Waals surface area contributed by atoms with Crippen molar-refractivity contribution in [2.24, 2.45) is 0 Å². The Labute approximate surface area is 114 Å². The molecule has 0 aliphatic heterocycles. The fraction of sp³-hybridized carbons (Fsp3) is 0. The van der Waals surface area contributed by atoms with Crippen LogP contribution in [0.1, 0.15) is 11.1 Å². The molecular weight excluding hydrogens is 264 g/mol. The van der Waals surface area contributed by atoms with Gasteiger partial charge in [-0.25, -0.2) is 0 Å². The second kappa shape index (κ2) is 4.74. The largest absolute Gasteiger partial charge is 0.359 e. The maximum Gasteiger partial charge on any atom is 0.248 e. The van der Waals surface area contributed by atoms with Gasteiger partial charge in [0.2, 0.25) is 11.0 Å². The molecule has 4 nitrogen and oxygen atoms in total. The molecule has 5 heteroatoms. The SMILES string of the molecule is [O-][n+]1onc2ccc(/C=C/c3ccc(Cl)cc3)cc21. The van der Waals surface area contributed by atoms with Gasteiger partial charge in [-0.1, -0.05) is 42.0 Å². The molecule has 0 spiro atoms. The van der Waals surface area contributed by atoms with E-state index in [-0.39, 0.29) is 0 Å². The summed E-state index contributed by atoms with van der Waals surface area (Å²) < 4.78 is 4.52. The molecule has 0 aliphatic rings. The predicted octanol–water partition coefficient (Wildman–Crippen LogP) is 3.29. The molecule has 0 radical (unpaired) electrons. The Balaban J connectivity index is 1.92. The second-order valence-electron chi connectivity index (χ2n) is 4.06. The summed E-state index contributed by atoms with van der Waals surface area (Å²) >= 11 is 5.82. The van der Waals surface area contributed by atoms with E-state index in [0.29, 0.717) is 21.0 Å². The van der Waals surface area contributed by atoms with Gasteiger partial charge in [0, 0.05) is 16.2 Å². The monoisotopic (exact) mass is 272 g/mol. The zero-order chi connectivity index (χ0) is 13.2. The second-order valence-corrected chi connectivity index (χ2v) is 4.50. The summed E-state index contributed by atoms with van der Waals surface area (Å²) in [7, 11) is 0. The topological polar surface area (TPSA) is 53.0 Å². The zero-order valence-corrected chi connectivity index (χ0v) is 10.5. The summed E-state index contributed by atoms with van der Waals surface area (Å²) in [5, 5.41) is 15.6. The van der Waals surface area contributed by atoms with Gasteiger partial charge in [0.15, 0.2) is 0 Å². The highest BCUT2D eigenvalue weighted by Crippen LogP contribution is 2.15. The third-order valence-corrected chi connectivity index (χ3v) is 3.00. The highest BCUT2D eigenvalue weighted by Gasteiger charge is 2.07. The Hall–Kier alpha value is -2.33. The molecule has 19 heavy (non-hydrogen) atoms. The van der Waals surface area contributed by atoms with E-state index >= 15 is 0 Å². The van der Waals surface area contributed by atoms with E-state index in [1.165, 1.54) is 0 Å². The van der Waals surface area contributed by atoms with Crippen LogP contribution in [-0.4, -0.2) is 5.16 Å². The van der Waals surface area contributed by atoms with Crippen LogP contribution in [0, 0.1) is 5.21 Å². The first-order chi connectivity index (χ1) is 9.22. The minimum Gasteiger partial charge on any atom is -0.359 e. The van der Waals surface area contributed by atoms with E-state index in [9.17, 15) is 5.21 Å². The van der Waals surface area contributed by atoms with E-state index in [2.05, 4.69) is 9.79 Å². The summed E-state index contributed by atoms with van der Waals surface area (Å²) in [6.45, 7) is 0. The summed E-state index contributed by atoms with van der Waals surface area (Å²) in [6, 6.07) is 12.8. The molecule has 0 bridgehead atoms. The van der Waals surface area contributed by atoms with Crippen molar-refractivity contribution in [1.29, 1.82) is 0 Å². The van der Waals surface area contributed by atoms with Crippen LogP contribution < -0.4 is 4.90 Å². The molecule has 0 fully saturated rings. The first-order valence-corrected chi connectivity index (χ1v) is 6.03. The highest BCUT2D eigenvalue weighted by molar-refractivity contribution is 6.30. The lowest BCUT2D eigenvalue weighted by molar-refractivity contribution is -0.782. The molecule has 94 valence electrons. The zero-order valence-electron chi connectivity index (χ0n) is 9.79. The lowest BCUT2D eigenvalue weighted by atomic mass is 10.1. The molecule has 0 atom stereocenters. The number of fused-ring (bicyclic) bond motifs is 1. The van der Waals surface area contributed by atoms with Crippen LogP contribution in [0.2, 0.25) is 5.02 Å². The Kier molecular flexibility index (Phi) is 2.93. The summed E-state index contributed by atoms with van der Waals surface area (Å²) in [5.74, 6) is 0. The average Bonchev–Trinajstić information content (AvgIpc) is 2.80. The molecular formula is C14H9ClN2O2. The van der Waals surface area contributed by atoms with Crippen molar-refractivity contribution in [2.45, 2.75) is 0 Å². The van der Waals surface area contributed by atoms with Gasteiger partial charge in [-0.3, -0.25) is 4.63 Å². The highest BCUT2D eigenvalue weighted by atomic mass is 35.5. The number of aromatic nitrogens is 2. The van der Waals surface area contributed by atoms with Crippen LogP contribution in [0.5, 0.6) is 0 Å². The Morgan fingerprint density at radius 1 is 1.05 bits per heavy atom. The molecule has 0 saturated heterocycles. The van der Waals surface area contributed by atoms with E-state index < -0.39 is 0 Å². The molecule has 0 saturated carbocycles. The van der Waals surface area contributed by atoms with Crippen LogP contribution >= 0.6 is 11.6 Å². The van der Waals surface area contributed by atoms with Gasteiger partial charge in [-0.15, -0.1) is 0 Å². The molecule has 0 N–H and O–H groups in total. The molecule has 0 aliphatic carbocycles. The molecule has 3 aromatic rings. The minimum atomic E-state index is 0.398. The Bertz CT molecular complexity index is 748. The van der Waals surface area contributed by atoms with Gasteiger partial charge in [0.25, 0.3) is 0 Å². The quantitative estimate of drug-likeness (QED) is 0.531. The average molecular weight is 273 g/mol. The van der Waals surface area contributed by atoms with Crippen molar-refractivity contribution in [1.82, 2.24) is 5.16 Å². The summed E-state index contributed by atoms with van der Waals surface area (Å²) in [5.41, 5.74) is 2.89. The molecule has 0 amide bonds. The van der Waals surface area contributed by atoms with Gasteiger partial charge >= 0.3 is 0 Å². The number of rotatable bonds is 2. The maximum atomic E-state index is 11.3. The van der Waals surface area contributed by atoms with Crippen LogP contribution in [0.3, 0.4) is 0 Å². The van der Waals surface area contributed by atoms with Crippen molar-refractivity contribution < 1.29 is 9.53 Å². The van der Waals surface area contributed by atoms with Crippen molar-refractivity contribution >= 4 is 34.8 Å². The van der Waals surface area contributed by atoms with Crippen LogP contribution in [0.25, 0.3) is 23.2 Å². The number of halogens is 1. The predicted molar refractivity (Wildman–Crippen MR) is 73.3 cm³/mol. The van der Waals surface area contributed by atoms with Crippen LogP contribution in [-0.2, 0) is 0 Å². The summed E-state index contributed by atoms with van der Waals surface area (Å²) in [6.07, 6.45) is 3.86. The molecule has 1 heterocycles. The lowest BCUT2D eigenvalue weighted by Crippen LogP contribution is -2.22. The fourth-order valence-corrected chi connectivity index (χ4v) is 1.88. The first kappa shape index (κ1) is 11.7. The van der Waals surface area contributed by atoms with Crippen molar-refractivity contribution in [3.63, 3.8) is 0 Å².